The minimum absolute atomic E-state index is 0.834. The number of aromatic amines is 1. The van der Waals surface area contributed by atoms with Crippen LogP contribution in [0.15, 0.2) is 67.0 Å². The predicted octanol–water partition coefficient (Wildman–Crippen LogP) is 4.94. The number of nitrogens with zero attached hydrogens (tertiary/aromatic N) is 2. The molecule has 0 saturated carbocycles. The lowest BCUT2D eigenvalue weighted by atomic mass is 10.1. The average Bonchev–Trinajstić information content (AvgIpc) is 3.05. The molecule has 0 radical (unpaired) electrons. The molecular weight excluding hydrogens is 310 g/mol. The van der Waals surface area contributed by atoms with E-state index in [1.54, 1.807) is 7.11 Å². The molecule has 0 bridgehead atoms. The first kappa shape index (κ1) is 14.0. The lowest BCUT2D eigenvalue weighted by molar-refractivity contribution is 0.415. The van der Waals surface area contributed by atoms with Crippen molar-refractivity contribution in [2.45, 2.75) is 0 Å². The number of hydrogen-bond acceptors (Lipinski definition) is 3. The normalized spacial score (nSPS) is 11.4. The van der Waals surface area contributed by atoms with Gasteiger partial charge in [-0.1, -0.05) is 18.2 Å². The molecule has 0 unspecified atom stereocenters. The highest BCUT2D eigenvalue weighted by Crippen LogP contribution is 2.33. The summed E-state index contributed by atoms with van der Waals surface area (Å²) in [5.74, 6) is 0.834. The van der Waals surface area contributed by atoms with Crippen LogP contribution in [-0.4, -0.2) is 22.1 Å². The van der Waals surface area contributed by atoms with Crippen LogP contribution < -0.4 is 4.74 Å². The van der Waals surface area contributed by atoms with Crippen LogP contribution in [0.4, 0.5) is 0 Å². The Morgan fingerprint density at radius 1 is 0.920 bits per heavy atom. The second-order valence-electron chi connectivity index (χ2n) is 6.04. The summed E-state index contributed by atoms with van der Waals surface area (Å²) in [6.07, 6.45) is 3.74. The van der Waals surface area contributed by atoms with Gasteiger partial charge in [0.15, 0.2) is 0 Å². The summed E-state index contributed by atoms with van der Waals surface area (Å²) in [6, 6.07) is 18.4. The number of pyridine rings is 2. The maximum Gasteiger partial charge on any atom is 0.120 e. The van der Waals surface area contributed by atoms with Gasteiger partial charge in [-0.25, -0.2) is 0 Å². The first-order valence-corrected chi connectivity index (χ1v) is 8.13. The molecule has 1 N–H and O–H groups in total. The zero-order valence-electron chi connectivity index (χ0n) is 13.7. The van der Waals surface area contributed by atoms with Gasteiger partial charge in [-0.3, -0.25) is 9.97 Å². The van der Waals surface area contributed by atoms with Gasteiger partial charge < -0.3 is 9.72 Å². The van der Waals surface area contributed by atoms with Crippen LogP contribution in [0.25, 0.3) is 44.0 Å². The van der Waals surface area contributed by atoms with E-state index in [1.807, 2.05) is 48.8 Å². The molecule has 0 spiro atoms. The van der Waals surface area contributed by atoms with Crippen LogP contribution in [0.2, 0.25) is 0 Å². The molecule has 3 aromatic heterocycles. The zero-order chi connectivity index (χ0) is 16.8. The fourth-order valence-corrected chi connectivity index (χ4v) is 3.36. The SMILES string of the molecule is COc1ccc2c(c1)[nH]c1c(-c3cnc4ccccc4c3)nccc12. The maximum atomic E-state index is 5.34. The van der Waals surface area contributed by atoms with Gasteiger partial charge in [0.05, 0.1) is 29.4 Å². The number of methoxy groups -OCH3 is 1. The Morgan fingerprint density at radius 2 is 1.84 bits per heavy atom. The molecule has 4 nitrogen and oxygen atoms in total. The van der Waals surface area contributed by atoms with Crippen LogP contribution in [0.3, 0.4) is 0 Å². The van der Waals surface area contributed by atoms with Gasteiger partial charge in [-0.2, -0.15) is 0 Å². The molecule has 0 aliphatic heterocycles. The second-order valence-corrected chi connectivity index (χ2v) is 6.04. The van der Waals surface area contributed by atoms with E-state index >= 15 is 0 Å². The van der Waals surface area contributed by atoms with E-state index in [2.05, 4.69) is 33.2 Å². The van der Waals surface area contributed by atoms with Crippen LogP contribution >= 0.6 is 0 Å². The maximum absolute atomic E-state index is 5.34. The van der Waals surface area contributed by atoms with Crippen LogP contribution in [-0.2, 0) is 0 Å². The van der Waals surface area contributed by atoms with E-state index in [-0.39, 0.29) is 0 Å². The molecule has 0 aliphatic rings. The summed E-state index contributed by atoms with van der Waals surface area (Å²) >= 11 is 0. The summed E-state index contributed by atoms with van der Waals surface area (Å²) < 4.78 is 5.34. The van der Waals surface area contributed by atoms with E-state index in [0.717, 1.165) is 49.7 Å². The zero-order valence-corrected chi connectivity index (χ0v) is 13.7. The highest BCUT2D eigenvalue weighted by molar-refractivity contribution is 6.11. The third kappa shape index (κ3) is 2.15. The van der Waals surface area contributed by atoms with Crippen molar-refractivity contribution >= 4 is 32.7 Å². The Morgan fingerprint density at radius 3 is 2.76 bits per heavy atom. The summed E-state index contributed by atoms with van der Waals surface area (Å²) in [7, 11) is 1.68. The molecule has 4 heteroatoms. The van der Waals surface area contributed by atoms with Crippen molar-refractivity contribution in [3.8, 4) is 17.0 Å². The van der Waals surface area contributed by atoms with Gasteiger partial charge in [0, 0.05) is 40.2 Å². The predicted molar refractivity (Wildman–Crippen MR) is 101 cm³/mol. The van der Waals surface area contributed by atoms with Crippen molar-refractivity contribution in [1.82, 2.24) is 15.0 Å². The first-order valence-electron chi connectivity index (χ1n) is 8.13. The topological polar surface area (TPSA) is 50.8 Å². The van der Waals surface area contributed by atoms with Gasteiger partial charge in [-0.15, -0.1) is 0 Å². The molecule has 0 amide bonds. The molecule has 25 heavy (non-hydrogen) atoms. The second kappa shape index (κ2) is 5.31. The van der Waals surface area contributed by atoms with Gasteiger partial charge >= 0.3 is 0 Å². The molecule has 5 aromatic rings. The smallest absolute Gasteiger partial charge is 0.120 e. The van der Waals surface area contributed by atoms with Crippen molar-refractivity contribution in [3.05, 3.63) is 67.0 Å². The Balaban J connectivity index is 1.79. The summed E-state index contributed by atoms with van der Waals surface area (Å²) in [5, 5.41) is 3.42. The number of aromatic nitrogens is 3. The Labute approximate surface area is 144 Å². The molecule has 5 rings (SSSR count). The van der Waals surface area contributed by atoms with Gasteiger partial charge in [0.2, 0.25) is 0 Å². The summed E-state index contributed by atoms with van der Waals surface area (Å²) in [5.41, 5.74) is 4.95. The average molecular weight is 325 g/mol. The largest absolute Gasteiger partial charge is 0.497 e. The number of ether oxygens (including phenoxy) is 1. The van der Waals surface area contributed by atoms with Gasteiger partial charge in [0.25, 0.3) is 0 Å². The fraction of sp³-hybridized carbons (Fsp3) is 0.0476. The van der Waals surface area contributed by atoms with Crippen molar-refractivity contribution in [2.24, 2.45) is 0 Å². The van der Waals surface area contributed by atoms with Crippen molar-refractivity contribution < 1.29 is 4.74 Å². The lowest BCUT2D eigenvalue weighted by Gasteiger charge is -2.04. The molecule has 0 atom stereocenters. The quantitative estimate of drug-likeness (QED) is 0.500. The number of para-hydroxylation sites is 1. The van der Waals surface area contributed by atoms with Gasteiger partial charge in [0.1, 0.15) is 5.75 Å². The molecule has 120 valence electrons. The third-order valence-corrected chi connectivity index (χ3v) is 4.59. The number of benzene rings is 2. The van der Waals surface area contributed by atoms with E-state index in [4.69, 9.17) is 4.74 Å². The Hall–Kier alpha value is -3.40. The number of rotatable bonds is 2. The molecular formula is C21H15N3O. The van der Waals surface area contributed by atoms with E-state index in [1.165, 1.54) is 0 Å². The minimum atomic E-state index is 0.834. The van der Waals surface area contributed by atoms with E-state index in [0.29, 0.717) is 0 Å². The lowest BCUT2D eigenvalue weighted by Crippen LogP contribution is -1.87. The highest BCUT2D eigenvalue weighted by atomic mass is 16.5. The number of nitrogens with one attached hydrogen (secondary N) is 1. The fourth-order valence-electron chi connectivity index (χ4n) is 3.36. The molecule has 0 saturated heterocycles. The van der Waals surface area contributed by atoms with E-state index < -0.39 is 0 Å². The van der Waals surface area contributed by atoms with Crippen molar-refractivity contribution in [2.75, 3.05) is 7.11 Å². The monoisotopic (exact) mass is 325 g/mol. The minimum Gasteiger partial charge on any atom is -0.497 e. The molecule has 0 aliphatic carbocycles. The van der Waals surface area contributed by atoms with Crippen molar-refractivity contribution in [1.29, 1.82) is 0 Å². The number of hydrogen-bond donors (Lipinski definition) is 1. The highest BCUT2D eigenvalue weighted by Gasteiger charge is 2.12. The van der Waals surface area contributed by atoms with Crippen LogP contribution in [0, 0.1) is 0 Å². The van der Waals surface area contributed by atoms with E-state index in [9.17, 15) is 0 Å². The molecule has 3 heterocycles. The standard InChI is InChI=1S/C21H15N3O/c1-25-15-6-7-16-17-8-9-22-20(21(17)24-19(16)11-15)14-10-13-4-2-3-5-18(13)23-12-14/h2-12,24H,1H3. The number of H-pyrrole nitrogens is 1. The van der Waals surface area contributed by atoms with Crippen LogP contribution in [0.5, 0.6) is 5.75 Å². The molecule has 2 aromatic carbocycles. The molecule has 0 fully saturated rings. The summed E-state index contributed by atoms with van der Waals surface area (Å²) in [6.45, 7) is 0. The van der Waals surface area contributed by atoms with Crippen molar-refractivity contribution in [3.63, 3.8) is 0 Å². The Bertz CT molecular complexity index is 1240. The van der Waals surface area contributed by atoms with Gasteiger partial charge in [-0.05, 0) is 30.3 Å². The summed E-state index contributed by atoms with van der Waals surface area (Å²) in [4.78, 5) is 12.7. The number of fused-ring (bicyclic) bond motifs is 4. The Kier molecular flexibility index (Phi) is 2.97. The van der Waals surface area contributed by atoms with Crippen LogP contribution in [0.1, 0.15) is 0 Å². The third-order valence-electron chi connectivity index (χ3n) is 4.59. The first-order chi connectivity index (χ1) is 12.3.